The second kappa shape index (κ2) is 8.39. The molecule has 0 aromatic rings. The highest BCUT2D eigenvalue weighted by molar-refractivity contribution is 7.89. The molecule has 0 aromatic carbocycles. The molecule has 1 aliphatic heterocycles. The lowest BCUT2D eigenvalue weighted by molar-refractivity contribution is 0.122. The van der Waals surface area contributed by atoms with Gasteiger partial charge in [0.1, 0.15) is 0 Å². The van der Waals surface area contributed by atoms with Crippen LogP contribution < -0.4 is 10.0 Å². The number of ether oxygens (including phenoxy) is 2. The Morgan fingerprint density at radius 3 is 2.58 bits per heavy atom. The molecule has 8 heteroatoms. The van der Waals surface area contributed by atoms with Crippen LogP contribution in [0.5, 0.6) is 0 Å². The lowest BCUT2D eigenvalue weighted by atomic mass is 9.99. The first-order valence-corrected chi connectivity index (χ1v) is 7.82. The van der Waals surface area contributed by atoms with Gasteiger partial charge in [0.2, 0.25) is 10.0 Å². The van der Waals surface area contributed by atoms with E-state index in [2.05, 4.69) is 10.0 Å². The molecule has 6 nitrogen and oxygen atoms in total. The molecule has 2 unspecified atom stereocenters. The van der Waals surface area contributed by atoms with Crippen molar-refractivity contribution in [3.05, 3.63) is 0 Å². The Morgan fingerprint density at radius 1 is 1.42 bits per heavy atom. The van der Waals surface area contributed by atoms with Crippen molar-refractivity contribution in [3.63, 3.8) is 0 Å². The van der Waals surface area contributed by atoms with Crippen molar-refractivity contribution in [1.29, 1.82) is 0 Å². The van der Waals surface area contributed by atoms with Crippen LogP contribution in [0.15, 0.2) is 0 Å². The van der Waals surface area contributed by atoms with E-state index in [-0.39, 0.29) is 29.8 Å². The van der Waals surface area contributed by atoms with Gasteiger partial charge in [-0.1, -0.05) is 0 Å². The van der Waals surface area contributed by atoms with Crippen molar-refractivity contribution >= 4 is 22.4 Å². The van der Waals surface area contributed by atoms with Crippen LogP contribution >= 0.6 is 12.4 Å². The van der Waals surface area contributed by atoms with Crippen molar-refractivity contribution in [3.8, 4) is 0 Å². The van der Waals surface area contributed by atoms with Gasteiger partial charge in [0, 0.05) is 20.8 Å². The topological polar surface area (TPSA) is 76.7 Å². The average molecular weight is 317 g/mol. The van der Waals surface area contributed by atoms with E-state index in [0.717, 1.165) is 19.4 Å². The second-order valence-electron chi connectivity index (χ2n) is 4.89. The van der Waals surface area contributed by atoms with Crippen LogP contribution in [-0.2, 0) is 19.5 Å². The molecule has 0 aromatic heterocycles. The Labute approximate surface area is 122 Å². The first kappa shape index (κ1) is 19.1. The molecule has 0 aliphatic carbocycles. The molecule has 0 bridgehead atoms. The first-order chi connectivity index (χ1) is 8.43. The zero-order valence-electron chi connectivity index (χ0n) is 11.8. The summed E-state index contributed by atoms with van der Waals surface area (Å²) in [6.45, 7) is 3.51. The standard InChI is InChI=1S/C11H24N2O4S.ClH/c1-10(17-3)7-18(14,15)13-8-11(9-16-2)5-4-6-12-11;/h10,12-13H,4-9H2,1-3H3;1H. The minimum Gasteiger partial charge on any atom is -0.383 e. The van der Waals surface area contributed by atoms with Crippen molar-refractivity contribution in [2.75, 3.05) is 39.7 Å². The quantitative estimate of drug-likeness (QED) is 0.666. The summed E-state index contributed by atoms with van der Waals surface area (Å²) in [6, 6.07) is 0. The van der Waals surface area contributed by atoms with Crippen molar-refractivity contribution in [1.82, 2.24) is 10.0 Å². The number of nitrogens with one attached hydrogen (secondary N) is 2. The molecular weight excluding hydrogens is 292 g/mol. The highest BCUT2D eigenvalue weighted by Crippen LogP contribution is 2.19. The average Bonchev–Trinajstić information content (AvgIpc) is 2.76. The monoisotopic (exact) mass is 316 g/mol. The molecule has 0 radical (unpaired) electrons. The summed E-state index contributed by atoms with van der Waals surface area (Å²) in [5, 5.41) is 3.33. The Morgan fingerprint density at radius 2 is 2.11 bits per heavy atom. The van der Waals surface area contributed by atoms with E-state index in [1.807, 2.05) is 0 Å². The predicted molar refractivity (Wildman–Crippen MR) is 77.4 cm³/mol. The summed E-state index contributed by atoms with van der Waals surface area (Å²) >= 11 is 0. The van der Waals surface area contributed by atoms with E-state index in [4.69, 9.17) is 9.47 Å². The molecule has 19 heavy (non-hydrogen) atoms. The van der Waals surface area contributed by atoms with Gasteiger partial charge in [-0.15, -0.1) is 12.4 Å². The van der Waals surface area contributed by atoms with E-state index in [1.54, 1.807) is 14.0 Å². The number of halogens is 1. The van der Waals surface area contributed by atoms with Crippen LogP contribution in [0.4, 0.5) is 0 Å². The van der Waals surface area contributed by atoms with Gasteiger partial charge in [0.25, 0.3) is 0 Å². The first-order valence-electron chi connectivity index (χ1n) is 6.17. The molecule has 0 amide bonds. The van der Waals surface area contributed by atoms with E-state index >= 15 is 0 Å². The number of rotatable bonds is 8. The van der Waals surface area contributed by atoms with Crippen molar-refractivity contribution < 1.29 is 17.9 Å². The number of hydrogen-bond donors (Lipinski definition) is 2. The van der Waals surface area contributed by atoms with Crippen LogP contribution in [0.25, 0.3) is 0 Å². The highest BCUT2D eigenvalue weighted by atomic mass is 35.5. The Balaban J connectivity index is 0.00000324. The zero-order chi connectivity index (χ0) is 13.6. The van der Waals surface area contributed by atoms with Crippen molar-refractivity contribution in [2.24, 2.45) is 0 Å². The van der Waals surface area contributed by atoms with Gasteiger partial charge >= 0.3 is 0 Å². The number of methoxy groups -OCH3 is 2. The Bertz CT molecular complexity index is 345. The molecule has 1 saturated heterocycles. The third kappa shape index (κ3) is 6.37. The molecule has 116 valence electrons. The Kier molecular flexibility index (Phi) is 8.42. The summed E-state index contributed by atoms with van der Waals surface area (Å²) < 4.78 is 36.5. The molecule has 1 fully saturated rings. The zero-order valence-corrected chi connectivity index (χ0v) is 13.4. The summed E-state index contributed by atoms with van der Waals surface area (Å²) in [7, 11) is -0.174. The van der Waals surface area contributed by atoms with Crippen LogP contribution in [0.3, 0.4) is 0 Å². The summed E-state index contributed by atoms with van der Waals surface area (Å²) in [5.41, 5.74) is -0.266. The van der Waals surface area contributed by atoms with Crippen molar-refractivity contribution in [2.45, 2.75) is 31.4 Å². The highest BCUT2D eigenvalue weighted by Gasteiger charge is 2.34. The van der Waals surface area contributed by atoms with Gasteiger partial charge in [0.05, 0.1) is 24.0 Å². The normalized spacial score (nSPS) is 25.0. The summed E-state index contributed by atoms with van der Waals surface area (Å²) in [5.74, 6) is -0.0213. The van der Waals surface area contributed by atoms with Crippen LogP contribution in [-0.4, -0.2) is 59.7 Å². The van der Waals surface area contributed by atoms with Gasteiger partial charge in [-0.2, -0.15) is 0 Å². The summed E-state index contributed by atoms with van der Waals surface area (Å²) in [6.07, 6.45) is 1.65. The third-order valence-electron chi connectivity index (χ3n) is 3.24. The van der Waals surface area contributed by atoms with E-state index in [0.29, 0.717) is 13.2 Å². The predicted octanol–water partition coefficient (Wildman–Crippen LogP) is 0.131. The maximum atomic E-state index is 11.8. The maximum Gasteiger partial charge on any atom is 0.214 e. The summed E-state index contributed by atoms with van der Waals surface area (Å²) in [4.78, 5) is 0. The molecule has 0 spiro atoms. The lowest BCUT2D eigenvalue weighted by Crippen LogP contribution is -2.53. The van der Waals surface area contributed by atoms with Gasteiger partial charge in [-0.3, -0.25) is 0 Å². The third-order valence-corrected chi connectivity index (χ3v) is 4.73. The fraction of sp³-hybridized carbons (Fsp3) is 1.00. The van der Waals surface area contributed by atoms with Crippen LogP contribution in [0, 0.1) is 0 Å². The van der Waals surface area contributed by atoms with Crippen LogP contribution in [0.1, 0.15) is 19.8 Å². The maximum absolute atomic E-state index is 11.8. The Hall–Kier alpha value is 0.0800. The largest absolute Gasteiger partial charge is 0.383 e. The van der Waals surface area contributed by atoms with Gasteiger partial charge < -0.3 is 14.8 Å². The minimum atomic E-state index is -3.31. The van der Waals surface area contributed by atoms with Gasteiger partial charge in [-0.25, -0.2) is 13.1 Å². The molecule has 1 heterocycles. The number of sulfonamides is 1. The SMILES string of the molecule is COCC1(CNS(=O)(=O)CC(C)OC)CCCN1.Cl. The van der Waals surface area contributed by atoms with Gasteiger partial charge in [-0.05, 0) is 26.3 Å². The lowest BCUT2D eigenvalue weighted by Gasteiger charge is -2.29. The van der Waals surface area contributed by atoms with E-state index in [9.17, 15) is 8.42 Å². The van der Waals surface area contributed by atoms with E-state index < -0.39 is 10.0 Å². The minimum absolute atomic E-state index is 0. The molecule has 2 atom stereocenters. The molecule has 2 N–H and O–H groups in total. The second-order valence-corrected chi connectivity index (χ2v) is 6.74. The smallest absolute Gasteiger partial charge is 0.214 e. The molecule has 1 rings (SSSR count). The fourth-order valence-electron chi connectivity index (χ4n) is 2.15. The molecule has 0 saturated carbocycles. The fourth-order valence-corrected chi connectivity index (χ4v) is 3.52. The number of hydrogen-bond acceptors (Lipinski definition) is 5. The van der Waals surface area contributed by atoms with E-state index in [1.165, 1.54) is 7.11 Å². The van der Waals surface area contributed by atoms with Crippen LogP contribution in [0.2, 0.25) is 0 Å². The molecule has 1 aliphatic rings. The van der Waals surface area contributed by atoms with Gasteiger partial charge in [0.15, 0.2) is 0 Å². The molecular formula is C11H25ClN2O4S.